The summed E-state index contributed by atoms with van der Waals surface area (Å²) in [6.45, 7) is 6.15. The average molecular weight is 397 g/mol. The van der Waals surface area contributed by atoms with Gasteiger partial charge in [0.25, 0.3) is 5.91 Å². The zero-order chi connectivity index (χ0) is 19.8. The Hall–Kier alpha value is -2.46. The van der Waals surface area contributed by atoms with Crippen molar-refractivity contribution in [1.82, 2.24) is 10.3 Å². The number of rotatable bonds is 4. The van der Waals surface area contributed by atoms with E-state index in [0.717, 1.165) is 52.2 Å². The molecular formula is C23H25ClN2O2. The predicted octanol–water partition coefficient (Wildman–Crippen LogP) is 4.80. The summed E-state index contributed by atoms with van der Waals surface area (Å²) in [5.74, 6) is 0.686. The van der Waals surface area contributed by atoms with Crippen LogP contribution in [0, 0.1) is 20.8 Å². The first-order chi connectivity index (χ1) is 13.4. The van der Waals surface area contributed by atoms with Gasteiger partial charge in [0.2, 0.25) is 0 Å². The molecule has 1 aromatic heterocycles. The van der Waals surface area contributed by atoms with E-state index >= 15 is 0 Å². The number of carbonyl (C=O) groups is 1. The van der Waals surface area contributed by atoms with Gasteiger partial charge in [0.05, 0.1) is 0 Å². The second-order valence-electron chi connectivity index (χ2n) is 7.72. The second kappa shape index (κ2) is 7.51. The summed E-state index contributed by atoms with van der Waals surface area (Å²) in [4.78, 5) is 16.0. The maximum Gasteiger partial charge on any atom is 0.258 e. The Morgan fingerprint density at radius 1 is 1.25 bits per heavy atom. The number of aromatic amines is 1. The number of carbonyl (C=O) groups excluding carboxylic acids is 1. The molecule has 3 aromatic rings. The smallest absolute Gasteiger partial charge is 0.258 e. The topological polar surface area (TPSA) is 54.1 Å². The molecule has 0 fully saturated rings. The van der Waals surface area contributed by atoms with Crippen LogP contribution in [-0.2, 0) is 17.6 Å². The fourth-order valence-electron chi connectivity index (χ4n) is 4.07. The molecule has 0 radical (unpaired) electrons. The number of nitrogens with one attached hydrogen (secondary N) is 2. The molecule has 2 aromatic carbocycles. The number of amides is 1. The molecule has 0 saturated heterocycles. The van der Waals surface area contributed by atoms with Gasteiger partial charge >= 0.3 is 0 Å². The molecule has 1 aliphatic rings. The largest absolute Gasteiger partial charge is 0.483 e. The molecule has 5 heteroatoms. The summed E-state index contributed by atoms with van der Waals surface area (Å²) < 4.78 is 5.74. The Morgan fingerprint density at radius 2 is 2.07 bits per heavy atom. The lowest BCUT2D eigenvalue weighted by molar-refractivity contribution is -0.123. The molecule has 28 heavy (non-hydrogen) atoms. The van der Waals surface area contributed by atoms with Gasteiger partial charge < -0.3 is 15.0 Å². The minimum absolute atomic E-state index is 0.0342. The highest BCUT2D eigenvalue weighted by molar-refractivity contribution is 6.31. The summed E-state index contributed by atoms with van der Waals surface area (Å²) in [6, 6.07) is 10.0. The van der Waals surface area contributed by atoms with Crippen LogP contribution in [0.3, 0.4) is 0 Å². The lowest BCUT2D eigenvalue weighted by atomic mass is 9.91. The predicted molar refractivity (Wildman–Crippen MR) is 113 cm³/mol. The molecule has 146 valence electrons. The Morgan fingerprint density at radius 3 is 2.89 bits per heavy atom. The number of ether oxygens (including phenoxy) is 1. The summed E-state index contributed by atoms with van der Waals surface area (Å²) in [6.07, 6.45) is 2.65. The molecule has 0 unspecified atom stereocenters. The molecule has 1 aliphatic carbocycles. The molecule has 1 heterocycles. The van der Waals surface area contributed by atoms with Crippen molar-refractivity contribution >= 4 is 28.4 Å². The first kappa shape index (κ1) is 18.9. The maximum absolute atomic E-state index is 12.4. The third-order valence-corrected chi connectivity index (χ3v) is 5.96. The molecule has 0 spiro atoms. The number of benzene rings is 2. The van der Waals surface area contributed by atoms with Crippen LogP contribution >= 0.6 is 11.6 Å². The van der Waals surface area contributed by atoms with E-state index in [9.17, 15) is 4.79 Å². The lowest BCUT2D eigenvalue weighted by Gasteiger charge is -2.24. The van der Waals surface area contributed by atoms with Crippen molar-refractivity contribution in [3.63, 3.8) is 0 Å². The zero-order valence-corrected chi connectivity index (χ0v) is 17.2. The Balaban J connectivity index is 1.43. The average Bonchev–Trinajstić information content (AvgIpc) is 3.01. The SMILES string of the molecule is Cc1cccc(OCC(=O)N[C@@H]2CCc3[nH]c4c(C)cc(Cl)cc4c3C2)c1C. The van der Waals surface area contributed by atoms with E-state index in [2.05, 4.69) is 17.2 Å². The van der Waals surface area contributed by atoms with Crippen molar-refractivity contribution in [2.24, 2.45) is 0 Å². The van der Waals surface area contributed by atoms with Crippen molar-refractivity contribution in [1.29, 1.82) is 0 Å². The molecule has 0 bridgehead atoms. The first-order valence-corrected chi connectivity index (χ1v) is 10.1. The fraction of sp³-hybridized carbons (Fsp3) is 0.348. The van der Waals surface area contributed by atoms with Crippen molar-refractivity contribution in [2.45, 2.75) is 46.1 Å². The molecule has 4 nitrogen and oxygen atoms in total. The summed E-state index contributed by atoms with van der Waals surface area (Å²) in [5.41, 5.74) is 7.07. The fourth-order valence-corrected chi connectivity index (χ4v) is 4.34. The number of H-pyrrole nitrogens is 1. The normalized spacial score (nSPS) is 16.1. The van der Waals surface area contributed by atoms with E-state index in [-0.39, 0.29) is 18.6 Å². The summed E-state index contributed by atoms with van der Waals surface area (Å²) in [7, 11) is 0. The van der Waals surface area contributed by atoms with Gasteiger partial charge in [-0.05, 0) is 80.5 Å². The Labute approximate surface area is 170 Å². The van der Waals surface area contributed by atoms with Gasteiger partial charge in [-0.3, -0.25) is 4.79 Å². The highest BCUT2D eigenvalue weighted by Gasteiger charge is 2.24. The van der Waals surface area contributed by atoms with Crippen LogP contribution in [0.15, 0.2) is 30.3 Å². The van der Waals surface area contributed by atoms with Crippen LogP contribution < -0.4 is 10.1 Å². The van der Waals surface area contributed by atoms with Crippen molar-refractivity contribution in [3.05, 3.63) is 63.3 Å². The number of hydrogen-bond donors (Lipinski definition) is 2. The third-order valence-electron chi connectivity index (χ3n) is 5.74. The van der Waals surface area contributed by atoms with Gasteiger partial charge in [0, 0.05) is 27.7 Å². The van der Waals surface area contributed by atoms with E-state index in [1.165, 1.54) is 16.6 Å². The lowest BCUT2D eigenvalue weighted by Crippen LogP contribution is -2.41. The van der Waals surface area contributed by atoms with Gasteiger partial charge in [-0.1, -0.05) is 23.7 Å². The third kappa shape index (κ3) is 3.61. The van der Waals surface area contributed by atoms with Crippen LogP contribution in [0.5, 0.6) is 5.75 Å². The molecule has 0 aliphatic heterocycles. The van der Waals surface area contributed by atoms with Crippen molar-refractivity contribution in [3.8, 4) is 5.75 Å². The van der Waals surface area contributed by atoms with Gasteiger partial charge in [-0.15, -0.1) is 0 Å². The monoisotopic (exact) mass is 396 g/mol. The molecular weight excluding hydrogens is 372 g/mol. The number of aryl methyl sites for hydroxylation is 3. The van der Waals surface area contributed by atoms with E-state index < -0.39 is 0 Å². The summed E-state index contributed by atoms with van der Waals surface area (Å²) in [5, 5.41) is 5.06. The molecule has 4 rings (SSSR count). The van der Waals surface area contributed by atoms with Crippen LogP contribution in [-0.4, -0.2) is 23.5 Å². The zero-order valence-electron chi connectivity index (χ0n) is 16.5. The van der Waals surface area contributed by atoms with Gasteiger partial charge in [-0.2, -0.15) is 0 Å². The molecule has 1 amide bonds. The highest BCUT2D eigenvalue weighted by Crippen LogP contribution is 2.33. The molecule has 2 N–H and O–H groups in total. The quantitative estimate of drug-likeness (QED) is 0.665. The number of aromatic nitrogens is 1. The van der Waals surface area contributed by atoms with E-state index in [1.54, 1.807) is 0 Å². The summed E-state index contributed by atoms with van der Waals surface area (Å²) >= 11 is 6.27. The number of halogens is 1. The standard InChI is InChI=1S/C23H25ClN2O2/c1-13-5-4-6-21(15(13)3)28-12-22(27)25-17-7-8-20-18(11-17)19-10-16(24)9-14(2)23(19)26-20/h4-6,9-10,17,26H,7-8,11-12H2,1-3H3,(H,25,27)/t17-/m1/s1. The van der Waals surface area contributed by atoms with E-state index in [4.69, 9.17) is 16.3 Å². The maximum atomic E-state index is 12.4. The molecule has 1 atom stereocenters. The van der Waals surface area contributed by atoms with Crippen molar-refractivity contribution < 1.29 is 9.53 Å². The van der Waals surface area contributed by atoms with Crippen LogP contribution in [0.2, 0.25) is 5.02 Å². The second-order valence-corrected chi connectivity index (χ2v) is 8.16. The van der Waals surface area contributed by atoms with Crippen LogP contribution in [0.25, 0.3) is 10.9 Å². The van der Waals surface area contributed by atoms with Gasteiger partial charge in [0.15, 0.2) is 6.61 Å². The Kier molecular flexibility index (Phi) is 5.07. The minimum Gasteiger partial charge on any atom is -0.483 e. The Bertz CT molecular complexity index is 1050. The van der Waals surface area contributed by atoms with Crippen LogP contribution in [0.4, 0.5) is 0 Å². The van der Waals surface area contributed by atoms with E-state index in [0.29, 0.717) is 0 Å². The van der Waals surface area contributed by atoms with Gasteiger partial charge in [0.1, 0.15) is 5.75 Å². The number of fused-ring (bicyclic) bond motifs is 3. The minimum atomic E-state index is -0.0802. The highest BCUT2D eigenvalue weighted by atomic mass is 35.5. The number of hydrogen-bond acceptors (Lipinski definition) is 2. The van der Waals surface area contributed by atoms with E-state index in [1.807, 2.05) is 44.2 Å². The molecule has 0 saturated carbocycles. The van der Waals surface area contributed by atoms with Gasteiger partial charge in [-0.25, -0.2) is 0 Å². The van der Waals surface area contributed by atoms with Crippen molar-refractivity contribution in [2.75, 3.05) is 6.61 Å². The van der Waals surface area contributed by atoms with Crippen LogP contribution in [0.1, 0.15) is 34.4 Å². The first-order valence-electron chi connectivity index (χ1n) is 9.70.